The summed E-state index contributed by atoms with van der Waals surface area (Å²) in [6, 6.07) is 10.7. The molecule has 0 saturated heterocycles. The van der Waals surface area contributed by atoms with Gasteiger partial charge in [-0.1, -0.05) is 0 Å². The van der Waals surface area contributed by atoms with Gasteiger partial charge in [-0.2, -0.15) is 0 Å². The fraction of sp³-hybridized carbons (Fsp3) is 0.0588. The van der Waals surface area contributed by atoms with E-state index in [9.17, 15) is 13.2 Å². The lowest BCUT2D eigenvalue weighted by Crippen LogP contribution is -2.14. The van der Waals surface area contributed by atoms with Gasteiger partial charge in [-0.05, 0) is 42.5 Å². The number of amides is 1. The summed E-state index contributed by atoms with van der Waals surface area (Å²) in [7, 11) is -3.73. The monoisotopic (exact) mass is 403 g/mol. The van der Waals surface area contributed by atoms with Crippen molar-refractivity contribution in [2.24, 2.45) is 0 Å². The fourth-order valence-electron chi connectivity index (χ4n) is 2.41. The normalized spacial score (nSPS) is 12.6. The third-order valence-electron chi connectivity index (χ3n) is 3.71. The number of anilines is 2. The van der Waals surface area contributed by atoms with E-state index in [1.54, 1.807) is 23.6 Å². The van der Waals surface area contributed by atoms with Crippen LogP contribution in [0.2, 0.25) is 0 Å². The predicted octanol–water partition coefficient (Wildman–Crippen LogP) is 2.92. The predicted molar refractivity (Wildman–Crippen MR) is 99.9 cm³/mol. The van der Waals surface area contributed by atoms with Gasteiger partial charge in [0.2, 0.25) is 6.79 Å². The van der Waals surface area contributed by atoms with Gasteiger partial charge in [0.15, 0.2) is 16.6 Å². The molecule has 1 aliphatic heterocycles. The molecule has 2 N–H and O–H groups in total. The van der Waals surface area contributed by atoms with Gasteiger partial charge in [0, 0.05) is 22.8 Å². The van der Waals surface area contributed by atoms with E-state index in [4.69, 9.17) is 9.47 Å². The third-order valence-corrected chi connectivity index (χ3v) is 5.88. The maximum absolute atomic E-state index is 12.4. The number of sulfonamides is 1. The van der Waals surface area contributed by atoms with Crippen LogP contribution in [0.5, 0.6) is 11.5 Å². The molecule has 1 amide bonds. The number of carbonyl (C=O) groups is 1. The number of thiazole rings is 1. The largest absolute Gasteiger partial charge is 0.454 e. The van der Waals surface area contributed by atoms with E-state index in [1.807, 2.05) is 0 Å². The molecule has 2 heterocycles. The standard InChI is InChI=1S/C17H13N3O5S2/c21-16(11-1-6-14-15(9-11)25-10-24-14)19-12-2-4-13(5-3-12)27(22,23)20-17-18-7-8-26-17/h1-9H,10H2,(H,18,20)(H,19,21). The molecule has 0 aliphatic carbocycles. The zero-order chi connectivity index (χ0) is 18.9. The van der Waals surface area contributed by atoms with Crippen molar-refractivity contribution < 1.29 is 22.7 Å². The van der Waals surface area contributed by atoms with Crippen molar-refractivity contribution in [1.82, 2.24) is 4.98 Å². The van der Waals surface area contributed by atoms with Crippen LogP contribution in [-0.4, -0.2) is 26.1 Å². The number of nitrogens with one attached hydrogen (secondary N) is 2. The lowest BCUT2D eigenvalue weighted by molar-refractivity contribution is 0.102. The van der Waals surface area contributed by atoms with Gasteiger partial charge < -0.3 is 14.8 Å². The summed E-state index contributed by atoms with van der Waals surface area (Å²) in [6.45, 7) is 0.130. The Balaban J connectivity index is 1.47. The SMILES string of the molecule is O=C(Nc1ccc(S(=O)(=O)Nc2nccs2)cc1)c1ccc2c(c1)OCO2. The highest BCUT2D eigenvalue weighted by atomic mass is 32.2. The zero-order valence-electron chi connectivity index (χ0n) is 13.7. The average Bonchev–Trinajstić information content (AvgIpc) is 3.32. The second kappa shape index (κ2) is 6.89. The van der Waals surface area contributed by atoms with Gasteiger partial charge in [0.05, 0.1) is 4.90 Å². The Hall–Kier alpha value is -3.11. The number of carbonyl (C=O) groups excluding carboxylic acids is 1. The molecule has 0 atom stereocenters. The van der Waals surface area contributed by atoms with Crippen LogP contribution in [0.4, 0.5) is 10.8 Å². The van der Waals surface area contributed by atoms with Crippen LogP contribution < -0.4 is 19.5 Å². The van der Waals surface area contributed by atoms with Crippen LogP contribution in [-0.2, 0) is 10.0 Å². The molecule has 4 rings (SSSR count). The van der Waals surface area contributed by atoms with Gasteiger partial charge in [0.25, 0.3) is 15.9 Å². The fourth-order valence-corrected chi connectivity index (χ4v) is 4.19. The molecule has 3 aromatic rings. The summed E-state index contributed by atoms with van der Waals surface area (Å²) < 4.78 is 37.5. The number of aromatic nitrogens is 1. The molecule has 1 aromatic heterocycles. The molecule has 8 nitrogen and oxygen atoms in total. The minimum absolute atomic E-state index is 0.0683. The molecule has 0 spiro atoms. The van der Waals surface area contributed by atoms with Crippen molar-refractivity contribution in [3.8, 4) is 11.5 Å². The Labute approximate surface area is 158 Å². The summed E-state index contributed by atoms with van der Waals surface area (Å²) >= 11 is 1.18. The minimum Gasteiger partial charge on any atom is -0.454 e. The van der Waals surface area contributed by atoms with Crippen molar-refractivity contribution in [2.45, 2.75) is 4.90 Å². The number of benzene rings is 2. The molecular weight excluding hydrogens is 390 g/mol. The summed E-state index contributed by atoms with van der Waals surface area (Å²) in [6.07, 6.45) is 1.51. The zero-order valence-corrected chi connectivity index (χ0v) is 15.3. The first-order valence-corrected chi connectivity index (χ1v) is 10.1. The van der Waals surface area contributed by atoms with Crippen molar-refractivity contribution in [3.63, 3.8) is 0 Å². The molecule has 138 valence electrons. The van der Waals surface area contributed by atoms with Gasteiger partial charge in [-0.25, -0.2) is 13.4 Å². The third kappa shape index (κ3) is 3.71. The highest BCUT2D eigenvalue weighted by Crippen LogP contribution is 2.32. The molecule has 0 radical (unpaired) electrons. The maximum Gasteiger partial charge on any atom is 0.263 e. The minimum atomic E-state index is -3.73. The van der Waals surface area contributed by atoms with E-state index in [1.165, 1.54) is 41.8 Å². The number of hydrogen-bond donors (Lipinski definition) is 2. The molecule has 0 saturated carbocycles. The van der Waals surface area contributed by atoms with Crippen LogP contribution in [0, 0.1) is 0 Å². The molecule has 2 aromatic carbocycles. The topological polar surface area (TPSA) is 107 Å². The van der Waals surface area contributed by atoms with Crippen LogP contribution >= 0.6 is 11.3 Å². The number of ether oxygens (including phenoxy) is 2. The first-order chi connectivity index (χ1) is 13.0. The van der Waals surface area contributed by atoms with Gasteiger partial charge >= 0.3 is 0 Å². The van der Waals surface area contributed by atoms with Gasteiger partial charge in [-0.15, -0.1) is 11.3 Å². The Bertz CT molecular complexity index is 1080. The molecule has 27 heavy (non-hydrogen) atoms. The number of nitrogens with zero attached hydrogens (tertiary/aromatic N) is 1. The van der Waals surface area contributed by atoms with E-state index in [0.29, 0.717) is 22.7 Å². The van der Waals surface area contributed by atoms with Gasteiger partial charge in [-0.3, -0.25) is 9.52 Å². The smallest absolute Gasteiger partial charge is 0.263 e. The number of hydrogen-bond acceptors (Lipinski definition) is 7. The van der Waals surface area contributed by atoms with E-state index in [-0.39, 0.29) is 22.7 Å². The van der Waals surface area contributed by atoms with Crippen molar-refractivity contribution in [3.05, 3.63) is 59.6 Å². The van der Waals surface area contributed by atoms with Crippen molar-refractivity contribution in [1.29, 1.82) is 0 Å². The highest BCUT2D eigenvalue weighted by Gasteiger charge is 2.18. The van der Waals surface area contributed by atoms with Gasteiger partial charge in [0.1, 0.15) is 0 Å². The Kier molecular flexibility index (Phi) is 4.42. The Morgan fingerprint density at radius 3 is 2.59 bits per heavy atom. The van der Waals surface area contributed by atoms with E-state index in [0.717, 1.165) is 0 Å². The first kappa shape index (κ1) is 17.3. The summed E-state index contributed by atoms with van der Waals surface area (Å²) in [5.41, 5.74) is 0.868. The van der Waals surface area contributed by atoms with Crippen LogP contribution in [0.3, 0.4) is 0 Å². The molecule has 0 fully saturated rings. The summed E-state index contributed by atoms with van der Waals surface area (Å²) in [5.74, 6) is 0.760. The molecule has 1 aliphatic rings. The second-order valence-electron chi connectivity index (χ2n) is 5.49. The first-order valence-electron chi connectivity index (χ1n) is 7.75. The van der Waals surface area contributed by atoms with E-state index < -0.39 is 10.0 Å². The average molecular weight is 403 g/mol. The van der Waals surface area contributed by atoms with Crippen molar-refractivity contribution in [2.75, 3.05) is 16.8 Å². The van der Waals surface area contributed by atoms with E-state index >= 15 is 0 Å². The summed E-state index contributed by atoms with van der Waals surface area (Å²) in [5, 5.41) is 4.67. The molecule has 0 unspecified atom stereocenters. The number of fused-ring (bicyclic) bond motifs is 1. The molecule has 0 bridgehead atoms. The van der Waals surface area contributed by atoms with Crippen LogP contribution in [0.15, 0.2) is 58.9 Å². The summed E-state index contributed by atoms with van der Waals surface area (Å²) in [4.78, 5) is 16.3. The Morgan fingerprint density at radius 1 is 1.07 bits per heavy atom. The van der Waals surface area contributed by atoms with Crippen LogP contribution in [0.25, 0.3) is 0 Å². The maximum atomic E-state index is 12.4. The lowest BCUT2D eigenvalue weighted by atomic mass is 10.2. The lowest BCUT2D eigenvalue weighted by Gasteiger charge is -2.08. The van der Waals surface area contributed by atoms with Crippen molar-refractivity contribution >= 4 is 38.1 Å². The van der Waals surface area contributed by atoms with Crippen LogP contribution in [0.1, 0.15) is 10.4 Å². The highest BCUT2D eigenvalue weighted by molar-refractivity contribution is 7.93. The Morgan fingerprint density at radius 2 is 1.85 bits per heavy atom. The quantitative estimate of drug-likeness (QED) is 0.678. The van der Waals surface area contributed by atoms with E-state index in [2.05, 4.69) is 15.0 Å². The second-order valence-corrected chi connectivity index (χ2v) is 8.07. The number of rotatable bonds is 5. The molecular formula is C17H13N3O5S2. The molecule has 10 heteroatoms.